The molecule has 1 heterocycles. The smallest absolute Gasteiger partial charge is 0.258 e. The fourth-order valence-corrected chi connectivity index (χ4v) is 4.22. The first-order valence-electron chi connectivity index (χ1n) is 6.60. The van der Waals surface area contributed by atoms with Gasteiger partial charge in [0.25, 0.3) is 11.8 Å². The zero-order valence-corrected chi connectivity index (χ0v) is 11.0. The van der Waals surface area contributed by atoms with E-state index in [1.165, 1.54) is 0 Å². The van der Waals surface area contributed by atoms with Crippen LogP contribution in [-0.2, 0) is 9.59 Å². The summed E-state index contributed by atoms with van der Waals surface area (Å²) < 4.78 is 0. The highest BCUT2D eigenvalue weighted by Crippen LogP contribution is 2.63. The summed E-state index contributed by atoms with van der Waals surface area (Å²) in [5.41, 5.74) is -0.530. The fourth-order valence-electron chi connectivity index (χ4n) is 4.22. The average molecular weight is 249 g/mol. The molecule has 1 saturated heterocycles. The van der Waals surface area contributed by atoms with E-state index >= 15 is 0 Å². The van der Waals surface area contributed by atoms with Gasteiger partial charge in [0.05, 0.1) is 11.8 Å². The van der Waals surface area contributed by atoms with Crippen LogP contribution in [0.3, 0.4) is 0 Å². The summed E-state index contributed by atoms with van der Waals surface area (Å²) in [6.45, 7) is 6.20. The van der Waals surface area contributed by atoms with Crippen molar-refractivity contribution in [2.24, 2.45) is 28.6 Å². The number of carbonyl (C=O) groups is 2. The molecule has 1 aliphatic heterocycles. The second kappa shape index (κ2) is 3.23. The number of amides is 2. The van der Waals surface area contributed by atoms with Crippen molar-refractivity contribution < 1.29 is 14.8 Å². The van der Waals surface area contributed by atoms with Gasteiger partial charge in [-0.15, -0.1) is 0 Å². The highest BCUT2D eigenvalue weighted by molar-refractivity contribution is 6.05. The SMILES string of the molecule is CC(C)C12C=CC(C)(CC1)C1C(=O)N(O)C(=O)C12. The van der Waals surface area contributed by atoms with E-state index < -0.39 is 11.8 Å². The molecule has 0 radical (unpaired) electrons. The highest BCUT2D eigenvalue weighted by atomic mass is 16.5. The summed E-state index contributed by atoms with van der Waals surface area (Å²) in [4.78, 5) is 24.3. The Hall–Kier alpha value is -1.16. The topological polar surface area (TPSA) is 57.6 Å². The monoisotopic (exact) mass is 249 g/mol. The molecule has 4 heteroatoms. The van der Waals surface area contributed by atoms with Gasteiger partial charge in [-0.25, -0.2) is 0 Å². The van der Waals surface area contributed by atoms with Gasteiger partial charge < -0.3 is 0 Å². The number of imide groups is 1. The van der Waals surface area contributed by atoms with Crippen LogP contribution in [0.25, 0.3) is 0 Å². The molecular formula is C14H19NO3. The van der Waals surface area contributed by atoms with Crippen LogP contribution in [0.15, 0.2) is 12.2 Å². The molecule has 0 spiro atoms. The van der Waals surface area contributed by atoms with E-state index in [-0.39, 0.29) is 28.6 Å². The molecule has 4 aliphatic rings. The minimum Gasteiger partial charge on any atom is -0.278 e. The van der Waals surface area contributed by atoms with Gasteiger partial charge in [-0.05, 0) is 24.2 Å². The van der Waals surface area contributed by atoms with Gasteiger partial charge >= 0.3 is 0 Å². The van der Waals surface area contributed by atoms with Crippen LogP contribution in [0, 0.1) is 28.6 Å². The number of allylic oxidation sites excluding steroid dienone is 2. The van der Waals surface area contributed by atoms with E-state index in [0.29, 0.717) is 5.06 Å². The second-order valence-corrected chi connectivity index (χ2v) is 6.55. The van der Waals surface area contributed by atoms with Gasteiger partial charge in [0.2, 0.25) is 0 Å². The lowest BCUT2D eigenvalue weighted by molar-refractivity contribution is -0.173. The van der Waals surface area contributed by atoms with Crippen molar-refractivity contribution in [2.45, 2.75) is 33.6 Å². The van der Waals surface area contributed by atoms with E-state index in [9.17, 15) is 14.8 Å². The molecule has 4 nitrogen and oxygen atoms in total. The maximum Gasteiger partial charge on any atom is 0.258 e. The Kier molecular flexibility index (Phi) is 2.14. The Morgan fingerprint density at radius 1 is 1.22 bits per heavy atom. The average Bonchev–Trinajstić information content (AvgIpc) is 2.57. The molecule has 18 heavy (non-hydrogen) atoms. The van der Waals surface area contributed by atoms with Gasteiger partial charge in [-0.2, -0.15) is 5.06 Å². The van der Waals surface area contributed by atoms with Crippen molar-refractivity contribution in [1.82, 2.24) is 5.06 Å². The molecule has 4 rings (SSSR count). The quantitative estimate of drug-likeness (QED) is 0.439. The standard InChI is InChI=1S/C14H19NO3/c1-8(2)14-6-4-13(3,5-7-14)9-10(14)12(17)15(18)11(9)16/h4,6,8-10,18H,5,7H2,1-3H3. The molecule has 1 saturated carbocycles. The Balaban J connectivity index is 2.19. The van der Waals surface area contributed by atoms with Gasteiger partial charge in [0.1, 0.15) is 0 Å². The molecule has 0 aromatic carbocycles. The molecule has 0 aromatic rings. The minimum atomic E-state index is -0.415. The molecule has 98 valence electrons. The van der Waals surface area contributed by atoms with Crippen LogP contribution in [0.2, 0.25) is 0 Å². The molecule has 4 unspecified atom stereocenters. The molecule has 2 amide bonds. The van der Waals surface area contributed by atoms with Crippen molar-refractivity contribution in [3.8, 4) is 0 Å². The number of rotatable bonds is 1. The maximum atomic E-state index is 12.2. The van der Waals surface area contributed by atoms with Gasteiger partial charge in [-0.1, -0.05) is 32.9 Å². The maximum absolute atomic E-state index is 12.2. The van der Waals surface area contributed by atoms with Crippen molar-refractivity contribution in [1.29, 1.82) is 0 Å². The zero-order valence-electron chi connectivity index (χ0n) is 11.0. The normalized spacial score (nSPS) is 46.2. The van der Waals surface area contributed by atoms with E-state index in [4.69, 9.17) is 0 Å². The summed E-state index contributed by atoms with van der Waals surface area (Å²) in [6.07, 6.45) is 6.07. The van der Waals surface area contributed by atoms with Crippen LogP contribution in [0.4, 0.5) is 0 Å². The summed E-state index contributed by atoms with van der Waals surface area (Å²) in [5, 5.41) is 10.0. The third-order valence-electron chi connectivity index (χ3n) is 5.52. The third-order valence-corrected chi connectivity index (χ3v) is 5.52. The number of hydrogen-bond donors (Lipinski definition) is 1. The van der Waals surface area contributed by atoms with Crippen molar-refractivity contribution in [2.75, 3.05) is 0 Å². The number of hydroxylamine groups is 2. The predicted molar refractivity (Wildman–Crippen MR) is 64.4 cm³/mol. The van der Waals surface area contributed by atoms with Gasteiger partial charge in [0, 0.05) is 5.41 Å². The van der Waals surface area contributed by atoms with Gasteiger partial charge in [0.15, 0.2) is 0 Å². The van der Waals surface area contributed by atoms with Crippen LogP contribution in [0.1, 0.15) is 33.6 Å². The summed E-state index contributed by atoms with van der Waals surface area (Å²) in [7, 11) is 0. The lowest BCUT2D eigenvalue weighted by Crippen LogP contribution is -2.53. The van der Waals surface area contributed by atoms with E-state index in [0.717, 1.165) is 12.8 Å². The summed E-state index contributed by atoms with van der Waals surface area (Å²) in [6, 6.07) is 0. The first-order valence-corrected chi connectivity index (χ1v) is 6.60. The molecule has 2 fully saturated rings. The van der Waals surface area contributed by atoms with Crippen LogP contribution >= 0.6 is 0 Å². The largest absolute Gasteiger partial charge is 0.278 e. The Morgan fingerprint density at radius 2 is 1.83 bits per heavy atom. The molecular weight excluding hydrogens is 230 g/mol. The fraction of sp³-hybridized carbons (Fsp3) is 0.714. The van der Waals surface area contributed by atoms with Crippen LogP contribution in [0.5, 0.6) is 0 Å². The van der Waals surface area contributed by atoms with Crippen molar-refractivity contribution in [3.05, 3.63) is 12.2 Å². The number of carbonyl (C=O) groups excluding carboxylic acids is 2. The Morgan fingerprint density at radius 3 is 2.33 bits per heavy atom. The van der Waals surface area contributed by atoms with Crippen molar-refractivity contribution in [3.63, 3.8) is 0 Å². The third kappa shape index (κ3) is 1.10. The Labute approximate surface area is 107 Å². The lowest BCUT2D eigenvalue weighted by atomic mass is 9.46. The zero-order chi connectivity index (χ0) is 13.3. The summed E-state index contributed by atoms with van der Waals surface area (Å²) >= 11 is 0. The first-order chi connectivity index (χ1) is 8.33. The number of hydrogen-bond acceptors (Lipinski definition) is 3. The molecule has 1 N–H and O–H groups in total. The second-order valence-electron chi connectivity index (χ2n) is 6.55. The van der Waals surface area contributed by atoms with E-state index in [1.54, 1.807) is 0 Å². The van der Waals surface area contributed by atoms with Crippen molar-refractivity contribution >= 4 is 11.8 Å². The lowest BCUT2D eigenvalue weighted by Gasteiger charge is -2.55. The predicted octanol–water partition coefficient (Wildman–Crippen LogP) is 1.99. The first kappa shape index (κ1) is 11.9. The van der Waals surface area contributed by atoms with Crippen LogP contribution in [-0.4, -0.2) is 22.1 Å². The summed E-state index contributed by atoms with van der Waals surface area (Å²) in [5.74, 6) is -1.29. The molecule has 4 atom stereocenters. The highest BCUT2D eigenvalue weighted by Gasteiger charge is 2.67. The molecule has 3 aliphatic carbocycles. The molecule has 0 aromatic heterocycles. The van der Waals surface area contributed by atoms with E-state index in [2.05, 4.69) is 26.0 Å². The number of fused-ring (bicyclic) bond motifs is 1. The number of nitrogens with zero attached hydrogens (tertiary/aromatic N) is 1. The van der Waals surface area contributed by atoms with Crippen LogP contribution < -0.4 is 0 Å². The van der Waals surface area contributed by atoms with Gasteiger partial charge in [-0.3, -0.25) is 14.8 Å². The molecule has 2 bridgehead atoms. The minimum absolute atomic E-state index is 0.257. The Bertz CT molecular complexity index is 470. The van der Waals surface area contributed by atoms with E-state index in [1.807, 2.05) is 6.92 Å².